The number of carbonyl (C=O) groups is 1. The van der Waals surface area contributed by atoms with Gasteiger partial charge in [-0.15, -0.1) is 0 Å². The Morgan fingerprint density at radius 2 is 1.57 bits per heavy atom. The number of halogens is 3. The quantitative estimate of drug-likeness (QED) is 0.413. The van der Waals surface area contributed by atoms with Gasteiger partial charge in [0, 0.05) is 35.2 Å². The summed E-state index contributed by atoms with van der Waals surface area (Å²) >= 11 is 18.7. The van der Waals surface area contributed by atoms with Crippen LogP contribution in [0.4, 0.5) is 5.69 Å². The van der Waals surface area contributed by atoms with Gasteiger partial charge in [0.2, 0.25) is 0 Å². The zero-order chi connectivity index (χ0) is 21.1. The molecule has 1 fully saturated rings. The van der Waals surface area contributed by atoms with Crippen molar-refractivity contribution in [1.29, 1.82) is 0 Å². The van der Waals surface area contributed by atoms with E-state index < -0.39 is 0 Å². The molecule has 0 spiro atoms. The molecule has 6 heteroatoms. The highest BCUT2D eigenvalue weighted by Gasteiger charge is 2.30. The number of ketones is 1. The Kier molecular flexibility index (Phi) is 6.64. The molecule has 154 valence electrons. The standard InChI is InChI=1S/C24H21Cl3N2O/c25-19-8-6-17(7-9-19)23-15-28(16-24(30)18-4-2-1-3-5-18)12-13-29(23)22-11-10-20(26)14-21(22)27/h1-11,14,23H,12-13,15-16H2/t23-/m0/s1. The first-order valence-electron chi connectivity index (χ1n) is 9.79. The second-order valence-electron chi connectivity index (χ2n) is 7.38. The van der Waals surface area contributed by atoms with Crippen molar-refractivity contribution in [2.45, 2.75) is 6.04 Å². The van der Waals surface area contributed by atoms with Gasteiger partial charge in [0.25, 0.3) is 0 Å². The van der Waals surface area contributed by atoms with Gasteiger partial charge in [0.05, 0.1) is 23.3 Å². The molecule has 3 aromatic rings. The maximum absolute atomic E-state index is 12.7. The van der Waals surface area contributed by atoms with E-state index in [4.69, 9.17) is 34.8 Å². The molecular weight excluding hydrogens is 439 g/mol. The van der Waals surface area contributed by atoms with E-state index in [2.05, 4.69) is 9.80 Å². The molecule has 0 radical (unpaired) electrons. The number of rotatable bonds is 5. The summed E-state index contributed by atoms with van der Waals surface area (Å²) in [7, 11) is 0. The second-order valence-corrected chi connectivity index (χ2v) is 8.66. The lowest BCUT2D eigenvalue weighted by atomic mass is 10.0. The highest BCUT2D eigenvalue weighted by Crippen LogP contribution is 2.36. The molecule has 0 N–H and O–H groups in total. The van der Waals surface area contributed by atoms with E-state index in [9.17, 15) is 4.79 Å². The molecule has 0 bridgehead atoms. The van der Waals surface area contributed by atoms with Gasteiger partial charge in [-0.1, -0.05) is 77.3 Å². The number of nitrogens with zero attached hydrogens (tertiary/aromatic N) is 2. The fourth-order valence-electron chi connectivity index (χ4n) is 3.87. The maximum atomic E-state index is 12.7. The fourth-order valence-corrected chi connectivity index (χ4v) is 4.52. The Labute approximate surface area is 191 Å². The molecule has 0 amide bonds. The Hall–Kier alpha value is -2.04. The highest BCUT2D eigenvalue weighted by molar-refractivity contribution is 6.36. The lowest BCUT2D eigenvalue weighted by molar-refractivity contribution is 0.0914. The van der Waals surface area contributed by atoms with Crippen LogP contribution < -0.4 is 4.90 Å². The summed E-state index contributed by atoms with van der Waals surface area (Å²) in [5.41, 5.74) is 2.81. The lowest BCUT2D eigenvalue weighted by Gasteiger charge is -2.43. The summed E-state index contributed by atoms with van der Waals surface area (Å²) in [6.45, 7) is 2.60. The number of benzene rings is 3. The van der Waals surface area contributed by atoms with Gasteiger partial charge in [-0.2, -0.15) is 0 Å². The average molecular weight is 460 g/mol. The number of anilines is 1. The van der Waals surface area contributed by atoms with Crippen LogP contribution in [0, 0.1) is 0 Å². The van der Waals surface area contributed by atoms with Gasteiger partial charge in [-0.3, -0.25) is 9.69 Å². The topological polar surface area (TPSA) is 23.6 Å². The Morgan fingerprint density at radius 3 is 2.27 bits per heavy atom. The van der Waals surface area contributed by atoms with Gasteiger partial charge in [0.1, 0.15) is 0 Å². The van der Waals surface area contributed by atoms with E-state index in [1.165, 1.54) is 0 Å². The zero-order valence-electron chi connectivity index (χ0n) is 16.3. The maximum Gasteiger partial charge on any atom is 0.176 e. The Morgan fingerprint density at radius 1 is 0.867 bits per heavy atom. The number of hydrogen-bond donors (Lipinski definition) is 0. The molecule has 0 saturated carbocycles. The molecule has 0 aliphatic carbocycles. The summed E-state index contributed by atoms with van der Waals surface area (Å²) in [5.74, 6) is 0.128. The normalized spacial score (nSPS) is 17.2. The van der Waals surface area contributed by atoms with E-state index in [1.54, 1.807) is 6.07 Å². The number of piperazine rings is 1. The van der Waals surface area contributed by atoms with Crippen molar-refractivity contribution in [1.82, 2.24) is 4.90 Å². The molecule has 30 heavy (non-hydrogen) atoms. The number of Topliss-reactive ketones (excluding diaryl/α,β-unsaturated/α-hetero) is 1. The van der Waals surface area contributed by atoms with Crippen LogP contribution in [0.2, 0.25) is 15.1 Å². The van der Waals surface area contributed by atoms with Gasteiger partial charge < -0.3 is 4.90 Å². The molecule has 1 aliphatic rings. The van der Waals surface area contributed by atoms with Crippen LogP contribution in [-0.2, 0) is 0 Å². The van der Waals surface area contributed by atoms with Crippen LogP contribution in [0.15, 0.2) is 72.8 Å². The van der Waals surface area contributed by atoms with E-state index in [1.807, 2.05) is 66.7 Å². The van der Waals surface area contributed by atoms with Crippen molar-refractivity contribution in [3.05, 3.63) is 99.0 Å². The van der Waals surface area contributed by atoms with E-state index >= 15 is 0 Å². The lowest BCUT2D eigenvalue weighted by Crippen LogP contribution is -2.50. The highest BCUT2D eigenvalue weighted by atomic mass is 35.5. The Balaban J connectivity index is 1.60. The molecule has 1 saturated heterocycles. The van der Waals surface area contributed by atoms with Crippen molar-refractivity contribution in [3.8, 4) is 0 Å². The molecular formula is C24H21Cl3N2O. The third kappa shape index (κ3) is 4.81. The number of hydrogen-bond acceptors (Lipinski definition) is 3. The SMILES string of the molecule is O=C(CN1CCN(c2ccc(Cl)cc2Cl)[C@H](c2ccc(Cl)cc2)C1)c1ccccc1. The number of carbonyl (C=O) groups excluding carboxylic acids is 1. The molecule has 3 aromatic carbocycles. The van der Waals surface area contributed by atoms with Crippen LogP contribution >= 0.6 is 34.8 Å². The summed E-state index contributed by atoms with van der Waals surface area (Å²) in [5, 5.41) is 1.93. The first-order valence-corrected chi connectivity index (χ1v) is 10.9. The van der Waals surface area contributed by atoms with Gasteiger partial charge >= 0.3 is 0 Å². The van der Waals surface area contributed by atoms with E-state index in [-0.39, 0.29) is 11.8 Å². The monoisotopic (exact) mass is 458 g/mol. The smallest absolute Gasteiger partial charge is 0.176 e. The van der Waals surface area contributed by atoms with Crippen molar-refractivity contribution in [3.63, 3.8) is 0 Å². The van der Waals surface area contributed by atoms with Crippen molar-refractivity contribution in [2.75, 3.05) is 31.1 Å². The molecule has 1 aliphatic heterocycles. The minimum Gasteiger partial charge on any atom is -0.361 e. The van der Waals surface area contributed by atoms with Crippen LogP contribution in [0.3, 0.4) is 0 Å². The second kappa shape index (κ2) is 9.40. The first-order chi connectivity index (χ1) is 14.5. The summed E-state index contributed by atoms with van der Waals surface area (Å²) in [6.07, 6.45) is 0. The van der Waals surface area contributed by atoms with Crippen LogP contribution in [0.5, 0.6) is 0 Å². The first kappa shape index (κ1) is 21.2. The molecule has 3 nitrogen and oxygen atoms in total. The minimum atomic E-state index is 0.0401. The molecule has 0 aromatic heterocycles. The van der Waals surface area contributed by atoms with Gasteiger partial charge in [0.15, 0.2) is 5.78 Å². The molecule has 0 unspecified atom stereocenters. The predicted octanol–water partition coefficient (Wildman–Crippen LogP) is 6.39. The summed E-state index contributed by atoms with van der Waals surface area (Å²) in [6, 6.07) is 22.9. The molecule has 1 heterocycles. The largest absolute Gasteiger partial charge is 0.361 e. The van der Waals surface area contributed by atoms with Crippen LogP contribution in [-0.4, -0.2) is 36.9 Å². The fraction of sp³-hybridized carbons (Fsp3) is 0.208. The van der Waals surface area contributed by atoms with Crippen LogP contribution in [0.25, 0.3) is 0 Å². The molecule has 1 atom stereocenters. The van der Waals surface area contributed by atoms with E-state index in [0.717, 1.165) is 29.9 Å². The third-order valence-electron chi connectivity index (χ3n) is 5.40. The zero-order valence-corrected chi connectivity index (χ0v) is 18.5. The van der Waals surface area contributed by atoms with Crippen LogP contribution in [0.1, 0.15) is 22.0 Å². The van der Waals surface area contributed by atoms with Crippen molar-refractivity contribution < 1.29 is 4.79 Å². The van der Waals surface area contributed by atoms with Gasteiger partial charge in [-0.05, 0) is 35.9 Å². The minimum absolute atomic E-state index is 0.0401. The summed E-state index contributed by atoms with van der Waals surface area (Å²) < 4.78 is 0. The average Bonchev–Trinajstić information content (AvgIpc) is 2.75. The molecule has 4 rings (SSSR count). The predicted molar refractivity (Wildman–Crippen MR) is 125 cm³/mol. The third-order valence-corrected chi connectivity index (χ3v) is 6.19. The van der Waals surface area contributed by atoms with E-state index in [0.29, 0.717) is 28.2 Å². The van der Waals surface area contributed by atoms with Crippen molar-refractivity contribution >= 4 is 46.3 Å². The Bertz CT molecular complexity index is 1020. The summed E-state index contributed by atoms with van der Waals surface area (Å²) in [4.78, 5) is 17.2. The van der Waals surface area contributed by atoms with Gasteiger partial charge in [-0.25, -0.2) is 0 Å². The van der Waals surface area contributed by atoms with Crippen molar-refractivity contribution in [2.24, 2.45) is 0 Å².